The Morgan fingerprint density at radius 1 is 1.00 bits per heavy atom. The summed E-state index contributed by atoms with van der Waals surface area (Å²) in [6, 6.07) is 16.8. The first-order chi connectivity index (χ1) is 11.1. The van der Waals surface area contributed by atoms with Crippen molar-refractivity contribution in [3.05, 3.63) is 54.6 Å². The first-order valence-electron chi connectivity index (χ1n) is 7.43. The summed E-state index contributed by atoms with van der Waals surface area (Å²) >= 11 is 0. The molecular formula is C18H22N2O3. The Kier molecular flexibility index (Phi) is 6.00. The molecule has 0 spiro atoms. The van der Waals surface area contributed by atoms with Gasteiger partial charge in [0.1, 0.15) is 12.4 Å². The fourth-order valence-electron chi connectivity index (χ4n) is 2.11. The number of hydrogen-bond acceptors (Lipinski definition) is 4. The molecule has 23 heavy (non-hydrogen) atoms. The van der Waals surface area contributed by atoms with Crippen molar-refractivity contribution in [3.8, 4) is 5.75 Å². The zero-order valence-corrected chi connectivity index (χ0v) is 13.7. The topological polar surface area (TPSA) is 42.0 Å². The summed E-state index contributed by atoms with van der Waals surface area (Å²) in [7, 11) is 5.45. The number of nitrogens with zero attached hydrogens (tertiary/aromatic N) is 2. The number of rotatable bonds is 6. The Balaban J connectivity index is 2.31. The minimum absolute atomic E-state index is 0.324. The van der Waals surface area contributed by atoms with E-state index in [4.69, 9.17) is 9.47 Å². The number of likely N-dealkylation sites (N-methyl/N-ethyl adjacent to an activating group) is 1. The van der Waals surface area contributed by atoms with Crippen LogP contribution < -0.4 is 9.64 Å². The van der Waals surface area contributed by atoms with Gasteiger partial charge in [0.15, 0.2) is 0 Å². The lowest BCUT2D eigenvalue weighted by Crippen LogP contribution is -2.29. The molecule has 5 nitrogen and oxygen atoms in total. The van der Waals surface area contributed by atoms with E-state index in [-0.39, 0.29) is 0 Å². The van der Waals surface area contributed by atoms with E-state index < -0.39 is 6.09 Å². The molecule has 0 atom stereocenters. The Morgan fingerprint density at radius 3 is 2.30 bits per heavy atom. The molecule has 0 aliphatic heterocycles. The molecule has 2 rings (SSSR count). The summed E-state index contributed by atoms with van der Waals surface area (Å²) in [5.41, 5.74) is 1.38. The van der Waals surface area contributed by atoms with E-state index in [0.717, 1.165) is 5.69 Å². The van der Waals surface area contributed by atoms with Gasteiger partial charge in [0.25, 0.3) is 0 Å². The fourth-order valence-corrected chi connectivity index (χ4v) is 2.11. The minimum Gasteiger partial charge on any atom is -0.495 e. The second-order valence-electron chi connectivity index (χ2n) is 5.26. The van der Waals surface area contributed by atoms with Gasteiger partial charge in [-0.3, -0.25) is 0 Å². The summed E-state index contributed by atoms with van der Waals surface area (Å²) < 4.78 is 10.8. The molecule has 0 aromatic heterocycles. The van der Waals surface area contributed by atoms with E-state index in [1.54, 1.807) is 7.11 Å². The van der Waals surface area contributed by atoms with E-state index in [9.17, 15) is 4.79 Å². The predicted octanol–water partition coefficient (Wildman–Crippen LogP) is 3.53. The Bertz CT molecular complexity index is 629. The molecule has 0 aliphatic rings. The van der Waals surface area contributed by atoms with Crippen LogP contribution in [0.15, 0.2) is 54.6 Å². The smallest absolute Gasteiger partial charge is 0.419 e. The van der Waals surface area contributed by atoms with Crippen molar-refractivity contribution in [2.75, 3.05) is 39.3 Å². The van der Waals surface area contributed by atoms with E-state index in [1.807, 2.05) is 73.6 Å². The van der Waals surface area contributed by atoms with Crippen LogP contribution in [0, 0.1) is 0 Å². The van der Waals surface area contributed by atoms with Gasteiger partial charge in [0, 0.05) is 6.54 Å². The highest BCUT2D eigenvalue weighted by atomic mass is 16.6. The number of para-hydroxylation sites is 3. The second kappa shape index (κ2) is 8.19. The molecule has 0 N–H and O–H groups in total. The highest BCUT2D eigenvalue weighted by molar-refractivity contribution is 5.97. The molecule has 0 unspecified atom stereocenters. The SMILES string of the molecule is COc1ccccc1N(C(=O)OCCN(C)C)c1ccccc1. The van der Waals surface area contributed by atoms with Crippen molar-refractivity contribution in [3.63, 3.8) is 0 Å². The number of hydrogen-bond donors (Lipinski definition) is 0. The molecule has 0 fully saturated rings. The van der Waals surface area contributed by atoms with Crippen LogP contribution >= 0.6 is 0 Å². The summed E-state index contributed by atoms with van der Waals surface area (Å²) in [4.78, 5) is 16.1. The van der Waals surface area contributed by atoms with Crippen LogP contribution in [0.1, 0.15) is 0 Å². The maximum atomic E-state index is 12.6. The second-order valence-corrected chi connectivity index (χ2v) is 5.26. The number of anilines is 2. The largest absolute Gasteiger partial charge is 0.495 e. The van der Waals surface area contributed by atoms with Crippen LogP contribution in [0.2, 0.25) is 0 Å². The van der Waals surface area contributed by atoms with Crippen molar-refractivity contribution in [2.24, 2.45) is 0 Å². The van der Waals surface area contributed by atoms with Gasteiger partial charge in [-0.1, -0.05) is 30.3 Å². The van der Waals surface area contributed by atoms with Crippen LogP contribution in [0.3, 0.4) is 0 Å². The molecule has 122 valence electrons. The summed E-state index contributed by atoms with van der Waals surface area (Å²) in [5.74, 6) is 0.612. The third-order valence-corrected chi connectivity index (χ3v) is 3.29. The first kappa shape index (κ1) is 16.8. The maximum absolute atomic E-state index is 12.6. The molecule has 2 aromatic carbocycles. The van der Waals surface area contributed by atoms with Gasteiger partial charge in [-0.15, -0.1) is 0 Å². The van der Waals surface area contributed by atoms with Gasteiger partial charge >= 0.3 is 6.09 Å². The van der Waals surface area contributed by atoms with Crippen molar-refractivity contribution >= 4 is 17.5 Å². The van der Waals surface area contributed by atoms with Gasteiger partial charge in [-0.25, -0.2) is 9.69 Å². The van der Waals surface area contributed by atoms with E-state index >= 15 is 0 Å². The molecule has 0 bridgehead atoms. The van der Waals surface area contributed by atoms with E-state index in [1.165, 1.54) is 4.90 Å². The highest BCUT2D eigenvalue weighted by Gasteiger charge is 2.22. The quantitative estimate of drug-likeness (QED) is 0.818. The lowest BCUT2D eigenvalue weighted by molar-refractivity contribution is 0.146. The van der Waals surface area contributed by atoms with Gasteiger partial charge in [-0.05, 0) is 38.4 Å². The lowest BCUT2D eigenvalue weighted by Gasteiger charge is -2.24. The van der Waals surface area contributed by atoms with E-state index in [2.05, 4.69) is 0 Å². The average molecular weight is 314 g/mol. The third kappa shape index (κ3) is 4.47. The highest BCUT2D eigenvalue weighted by Crippen LogP contribution is 2.33. The molecule has 5 heteroatoms. The third-order valence-electron chi connectivity index (χ3n) is 3.29. The summed E-state index contributed by atoms with van der Waals surface area (Å²) in [6.45, 7) is 0.991. The van der Waals surface area contributed by atoms with Gasteiger partial charge in [0.05, 0.1) is 18.5 Å². The van der Waals surface area contributed by atoms with Gasteiger partial charge in [0.2, 0.25) is 0 Å². The molecule has 0 saturated carbocycles. The molecular weight excluding hydrogens is 292 g/mol. The zero-order valence-electron chi connectivity index (χ0n) is 13.7. The predicted molar refractivity (Wildman–Crippen MR) is 91.5 cm³/mol. The Labute approximate surface area is 137 Å². The first-order valence-corrected chi connectivity index (χ1v) is 7.43. The number of ether oxygens (including phenoxy) is 2. The molecule has 1 amide bonds. The minimum atomic E-state index is -0.428. The van der Waals surface area contributed by atoms with Crippen LogP contribution in [0.5, 0.6) is 5.75 Å². The zero-order chi connectivity index (χ0) is 16.7. The van der Waals surface area contributed by atoms with E-state index in [0.29, 0.717) is 24.6 Å². The molecule has 0 aliphatic carbocycles. The normalized spacial score (nSPS) is 10.4. The van der Waals surface area contributed by atoms with Crippen LogP contribution in [-0.4, -0.2) is 45.3 Å². The summed E-state index contributed by atoms with van der Waals surface area (Å²) in [6.07, 6.45) is -0.428. The number of benzene rings is 2. The number of carbonyl (C=O) groups excluding carboxylic acids is 1. The van der Waals surface area contributed by atoms with Crippen LogP contribution in [-0.2, 0) is 4.74 Å². The monoisotopic (exact) mass is 314 g/mol. The van der Waals surface area contributed by atoms with Crippen molar-refractivity contribution in [2.45, 2.75) is 0 Å². The number of amides is 1. The Morgan fingerprint density at radius 2 is 1.65 bits per heavy atom. The summed E-state index contributed by atoms with van der Waals surface area (Å²) in [5, 5.41) is 0. The maximum Gasteiger partial charge on any atom is 0.419 e. The van der Waals surface area contributed by atoms with Gasteiger partial charge < -0.3 is 14.4 Å². The van der Waals surface area contributed by atoms with Gasteiger partial charge in [-0.2, -0.15) is 0 Å². The standard InChI is InChI=1S/C18H22N2O3/c1-19(2)13-14-23-18(21)20(15-9-5-4-6-10-15)16-11-7-8-12-17(16)22-3/h4-12H,13-14H2,1-3H3. The lowest BCUT2D eigenvalue weighted by atomic mass is 10.2. The number of methoxy groups -OCH3 is 1. The average Bonchev–Trinajstić information content (AvgIpc) is 2.56. The Hall–Kier alpha value is -2.53. The molecule has 0 radical (unpaired) electrons. The number of carbonyl (C=O) groups is 1. The van der Waals surface area contributed by atoms with Crippen molar-refractivity contribution in [1.82, 2.24) is 4.90 Å². The molecule has 0 heterocycles. The fraction of sp³-hybridized carbons (Fsp3) is 0.278. The van der Waals surface area contributed by atoms with Crippen LogP contribution in [0.25, 0.3) is 0 Å². The van der Waals surface area contributed by atoms with Crippen molar-refractivity contribution < 1.29 is 14.3 Å². The van der Waals surface area contributed by atoms with Crippen LogP contribution in [0.4, 0.5) is 16.2 Å². The van der Waals surface area contributed by atoms with Crippen molar-refractivity contribution in [1.29, 1.82) is 0 Å². The molecule has 2 aromatic rings. The molecule has 0 saturated heterocycles.